The van der Waals surface area contributed by atoms with Crippen LogP contribution in [0.2, 0.25) is 0 Å². The molecule has 6 rings (SSSR count). The quantitative estimate of drug-likeness (QED) is 0.551. The van der Waals surface area contributed by atoms with Gasteiger partial charge in [0.1, 0.15) is 17.4 Å². The number of fused-ring (bicyclic) bond motifs is 1. The Morgan fingerprint density at radius 2 is 1.76 bits per heavy atom. The Bertz CT molecular complexity index is 1240. The molecule has 2 aromatic rings. The molecule has 0 radical (unpaired) electrons. The number of likely N-dealkylation sites (tertiary alicyclic amines) is 1. The first-order valence-corrected chi connectivity index (χ1v) is 13.5. The molecule has 4 aliphatic rings. The van der Waals surface area contributed by atoms with E-state index in [1.54, 1.807) is 36.3 Å². The Labute approximate surface area is 222 Å². The predicted octanol–water partition coefficient (Wildman–Crippen LogP) is 3.43. The third kappa shape index (κ3) is 4.17. The highest BCUT2D eigenvalue weighted by Crippen LogP contribution is 2.55. The molecule has 2 N–H and O–H groups in total. The monoisotopic (exact) mass is 515 g/mol. The van der Waals surface area contributed by atoms with E-state index in [-0.39, 0.29) is 30.3 Å². The van der Waals surface area contributed by atoms with E-state index in [0.29, 0.717) is 11.4 Å². The first kappa shape index (κ1) is 24.7. The number of carbonyl (C=O) groups is 3. The topological polar surface area (TPSA) is 97.0 Å². The third-order valence-corrected chi connectivity index (χ3v) is 8.43. The second-order valence-corrected chi connectivity index (χ2v) is 10.7. The maximum atomic E-state index is 14.1. The second-order valence-electron chi connectivity index (χ2n) is 10.7. The summed E-state index contributed by atoms with van der Waals surface area (Å²) in [6.07, 6.45) is 8.36. The van der Waals surface area contributed by atoms with Crippen LogP contribution in [0.15, 0.2) is 66.7 Å². The summed E-state index contributed by atoms with van der Waals surface area (Å²) >= 11 is 0. The van der Waals surface area contributed by atoms with Crippen molar-refractivity contribution in [1.82, 2.24) is 10.2 Å². The minimum Gasteiger partial charge on any atom is -0.497 e. The van der Waals surface area contributed by atoms with E-state index in [4.69, 9.17) is 9.47 Å². The van der Waals surface area contributed by atoms with Crippen LogP contribution in [0.1, 0.15) is 37.7 Å². The molecule has 8 nitrogen and oxygen atoms in total. The molecule has 3 aliphatic heterocycles. The molecule has 5 unspecified atom stereocenters. The molecule has 198 valence electrons. The zero-order chi connectivity index (χ0) is 26.3. The SMILES string of the molecule is COc1ccc(NC(=O)C2C3C=CC4(O3)C2C(=O)N(Cc2ccccc2)C4C(=O)NC2CCCCC2)cc1. The van der Waals surface area contributed by atoms with Crippen molar-refractivity contribution in [3.63, 3.8) is 0 Å². The van der Waals surface area contributed by atoms with Crippen LogP contribution in [0, 0.1) is 11.8 Å². The van der Waals surface area contributed by atoms with Crippen molar-refractivity contribution in [2.75, 3.05) is 12.4 Å². The van der Waals surface area contributed by atoms with Crippen LogP contribution in [-0.2, 0) is 25.7 Å². The summed E-state index contributed by atoms with van der Waals surface area (Å²) in [5, 5.41) is 6.17. The molecule has 5 atom stereocenters. The molecule has 3 heterocycles. The van der Waals surface area contributed by atoms with Crippen molar-refractivity contribution in [3.05, 3.63) is 72.3 Å². The van der Waals surface area contributed by atoms with Crippen LogP contribution in [0.5, 0.6) is 5.75 Å². The standard InChI is InChI=1S/C30H33N3O5/c1-37-22-14-12-21(13-15-22)31-27(34)24-23-16-17-30(38-23)25(24)29(36)33(18-19-8-4-2-5-9-19)26(30)28(35)32-20-10-6-3-7-11-20/h2,4-5,8-9,12-17,20,23-26H,3,6-7,10-11,18H2,1H3,(H,31,34)(H,32,35). The Morgan fingerprint density at radius 1 is 1.03 bits per heavy atom. The molecule has 38 heavy (non-hydrogen) atoms. The van der Waals surface area contributed by atoms with Gasteiger partial charge in [-0.15, -0.1) is 0 Å². The Kier molecular flexibility index (Phi) is 6.43. The first-order chi connectivity index (χ1) is 18.5. The largest absolute Gasteiger partial charge is 0.497 e. The number of nitrogens with zero attached hydrogens (tertiary/aromatic N) is 1. The lowest BCUT2D eigenvalue weighted by molar-refractivity contribution is -0.142. The first-order valence-electron chi connectivity index (χ1n) is 13.5. The zero-order valence-electron chi connectivity index (χ0n) is 21.5. The van der Waals surface area contributed by atoms with Gasteiger partial charge in [-0.05, 0) is 42.7 Å². The molecule has 1 saturated carbocycles. The number of nitrogens with one attached hydrogen (secondary N) is 2. The average molecular weight is 516 g/mol. The minimum atomic E-state index is -1.17. The lowest BCUT2D eigenvalue weighted by atomic mass is 9.74. The highest BCUT2D eigenvalue weighted by Gasteiger charge is 2.72. The number of carbonyl (C=O) groups excluding carboxylic acids is 3. The summed E-state index contributed by atoms with van der Waals surface area (Å²) in [5.74, 6) is -1.55. The van der Waals surface area contributed by atoms with Gasteiger partial charge in [0.15, 0.2) is 0 Å². The summed E-state index contributed by atoms with van der Waals surface area (Å²) in [6.45, 7) is 0.273. The summed E-state index contributed by atoms with van der Waals surface area (Å²) < 4.78 is 11.6. The lowest BCUT2D eigenvalue weighted by Gasteiger charge is -2.34. The number of amides is 3. The van der Waals surface area contributed by atoms with Crippen molar-refractivity contribution in [2.45, 2.75) is 62.4 Å². The van der Waals surface area contributed by atoms with E-state index in [0.717, 1.165) is 31.2 Å². The number of methoxy groups -OCH3 is 1. The van der Waals surface area contributed by atoms with E-state index in [9.17, 15) is 14.4 Å². The van der Waals surface area contributed by atoms with Gasteiger partial charge in [-0.25, -0.2) is 0 Å². The number of hydrogen-bond donors (Lipinski definition) is 2. The molecule has 1 aliphatic carbocycles. The fourth-order valence-electron chi connectivity index (χ4n) is 6.64. The number of anilines is 1. The van der Waals surface area contributed by atoms with Crippen LogP contribution in [-0.4, -0.2) is 53.5 Å². The maximum Gasteiger partial charge on any atom is 0.246 e. The highest BCUT2D eigenvalue weighted by molar-refractivity contribution is 6.02. The third-order valence-electron chi connectivity index (χ3n) is 8.43. The van der Waals surface area contributed by atoms with Crippen molar-refractivity contribution in [3.8, 4) is 5.75 Å². The maximum absolute atomic E-state index is 14.1. The number of rotatable bonds is 7. The molecular formula is C30H33N3O5. The molecule has 2 bridgehead atoms. The fraction of sp³-hybridized carbons (Fsp3) is 0.433. The van der Waals surface area contributed by atoms with Gasteiger partial charge < -0.3 is 25.0 Å². The molecule has 2 saturated heterocycles. The van der Waals surface area contributed by atoms with E-state index in [2.05, 4.69) is 10.6 Å². The van der Waals surface area contributed by atoms with E-state index >= 15 is 0 Å². The number of hydrogen-bond acceptors (Lipinski definition) is 5. The average Bonchev–Trinajstić information content (AvgIpc) is 3.58. The van der Waals surface area contributed by atoms with E-state index in [1.807, 2.05) is 42.5 Å². The van der Waals surface area contributed by atoms with Gasteiger partial charge >= 0.3 is 0 Å². The van der Waals surface area contributed by atoms with Crippen LogP contribution >= 0.6 is 0 Å². The van der Waals surface area contributed by atoms with E-state index < -0.39 is 29.6 Å². The summed E-state index contributed by atoms with van der Waals surface area (Å²) in [7, 11) is 1.58. The van der Waals surface area contributed by atoms with Gasteiger partial charge in [0.05, 0.1) is 25.0 Å². The Hall–Kier alpha value is -3.65. The van der Waals surface area contributed by atoms with Crippen molar-refractivity contribution in [1.29, 1.82) is 0 Å². The smallest absolute Gasteiger partial charge is 0.246 e. The van der Waals surface area contributed by atoms with Gasteiger partial charge in [0.2, 0.25) is 17.7 Å². The Morgan fingerprint density at radius 3 is 2.47 bits per heavy atom. The molecule has 3 amide bonds. The second kappa shape index (κ2) is 9.91. The summed E-state index contributed by atoms with van der Waals surface area (Å²) in [6, 6.07) is 15.9. The summed E-state index contributed by atoms with van der Waals surface area (Å²) in [4.78, 5) is 43.1. The molecule has 0 aromatic heterocycles. The van der Waals surface area contributed by atoms with Crippen LogP contribution in [0.3, 0.4) is 0 Å². The highest BCUT2D eigenvalue weighted by atomic mass is 16.5. The van der Waals surface area contributed by atoms with E-state index in [1.165, 1.54) is 6.42 Å². The minimum absolute atomic E-state index is 0.0946. The molecule has 3 fully saturated rings. The molecular weight excluding hydrogens is 482 g/mol. The Balaban J connectivity index is 1.30. The van der Waals surface area contributed by atoms with Crippen LogP contribution in [0.4, 0.5) is 5.69 Å². The number of ether oxygens (including phenoxy) is 2. The van der Waals surface area contributed by atoms with Gasteiger partial charge in [0.25, 0.3) is 0 Å². The zero-order valence-corrected chi connectivity index (χ0v) is 21.5. The van der Waals surface area contributed by atoms with Gasteiger partial charge in [0, 0.05) is 18.3 Å². The molecule has 8 heteroatoms. The molecule has 1 spiro atoms. The lowest BCUT2D eigenvalue weighted by Crippen LogP contribution is -2.56. The molecule has 2 aromatic carbocycles. The fourth-order valence-corrected chi connectivity index (χ4v) is 6.64. The van der Waals surface area contributed by atoms with Crippen LogP contribution in [0.25, 0.3) is 0 Å². The van der Waals surface area contributed by atoms with Crippen molar-refractivity contribution >= 4 is 23.4 Å². The van der Waals surface area contributed by atoms with Crippen LogP contribution < -0.4 is 15.4 Å². The van der Waals surface area contributed by atoms with Gasteiger partial charge in [-0.1, -0.05) is 61.7 Å². The van der Waals surface area contributed by atoms with Crippen molar-refractivity contribution in [2.24, 2.45) is 11.8 Å². The van der Waals surface area contributed by atoms with Crippen molar-refractivity contribution < 1.29 is 23.9 Å². The summed E-state index contributed by atoms with van der Waals surface area (Å²) in [5.41, 5.74) is 0.359. The van der Waals surface area contributed by atoms with Gasteiger partial charge in [-0.2, -0.15) is 0 Å². The van der Waals surface area contributed by atoms with Gasteiger partial charge in [-0.3, -0.25) is 14.4 Å². The normalized spacial score (nSPS) is 29.8. The predicted molar refractivity (Wildman–Crippen MR) is 141 cm³/mol. The number of benzene rings is 2.